The fourth-order valence-corrected chi connectivity index (χ4v) is 3.01. The van der Waals surface area contributed by atoms with Gasteiger partial charge in [-0.2, -0.15) is 0 Å². The highest BCUT2D eigenvalue weighted by molar-refractivity contribution is 5.76. The largest absolute Gasteiger partial charge is 0.327 e. The normalized spacial score (nSPS) is 23.3. The second-order valence-corrected chi connectivity index (χ2v) is 5.43. The van der Waals surface area contributed by atoms with Gasteiger partial charge >= 0.3 is 0 Å². The molecule has 0 saturated carbocycles. The van der Waals surface area contributed by atoms with Crippen LogP contribution in [0.2, 0.25) is 0 Å². The van der Waals surface area contributed by atoms with Crippen LogP contribution in [0.3, 0.4) is 0 Å². The first-order valence-electron chi connectivity index (χ1n) is 7.10. The van der Waals surface area contributed by atoms with Crippen molar-refractivity contribution in [3.8, 4) is 0 Å². The van der Waals surface area contributed by atoms with Crippen molar-refractivity contribution in [3.05, 3.63) is 29.8 Å². The lowest BCUT2D eigenvalue weighted by Crippen LogP contribution is -2.21. The second kappa shape index (κ2) is 4.93. The lowest BCUT2D eigenvalue weighted by molar-refractivity contribution is 0.457. The summed E-state index contributed by atoms with van der Waals surface area (Å²) in [6.45, 7) is 6.28. The maximum atomic E-state index is 13.9. The third-order valence-corrected chi connectivity index (χ3v) is 4.02. The highest BCUT2D eigenvalue weighted by atomic mass is 19.1. The topological polar surface area (TPSA) is 29.9 Å². The molecule has 1 aliphatic heterocycles. The van der Waals surface area contributed by atoms with Crippen LogP contribution < -0.4 is 5.32 Å². The predicted octanol–water partition coefficient (Wildman–Crippen LogP) is 3.26. The molecule has 0 amide bonds. The van der Waals surface area contributed by atoms with Crippen molar-refractivity contribution in [2.24, 2.45) is 5.92 Å². The Morgan fingerprint density at radius 2 is 2.32 bits per heavy atom. The van der Waals surface area contributed by atoms with Gasteiger partial charge in [-0.1, -0.05) is 19.9 Å². The summed E-state index contributed by atoms with van der Waals surface area (Å²) < 4.78 is 16.1. The molecular formula is C15H20FN3. The van der Waals surface area contributed by atoms with E-state index in [-0.39, 0.29) is 11.9 Å². The van der Waals surface area contributed by atoms with Crippen molar-refractivity contribution in [1.29, 1.82) is 0 Å². The van der Waals surface area contributed by atoms with Gasteiger partial charge in [-0.3, -0.25) is 0 Å². The van der Waals surface area contributed by atoms with E-state index in [0.29, 0.717) is 11.4 Å². The van der Waals surface area contributed by atoms with Gasteiger partial charge in [-0.15, -0.1) is 0 Å². The molecule has 102 valence electrons. The summed E-state index contributed by atoms with van der Waals surface area (Å²) in [7, 11) is 0. The summed E-state index contributed by atoms with van der Waals surface area (Å²) in [4.78, 5) is 4.59. The number of rotatable bonds is 3. The van der Waals surface area contributed by atoms with Crippen LogP contribution in [0.4, 0.5) is 4.39 Å². The molecule has 0 bridgehead atoms. The molecule has 2 unspecified atom stereocenters. The highest BCUT2D eigenvalue weighted by Crippen LogP contribution is 2.31. The third-order valence-electron chi connectivity index (χ3n) is 4.02. The number of aromatic nitrogens is 2. The van der Waals surface area contributed by atoms with Crippen LogP contribution in [0.1, 0.15) is 38.6 Å². The number of benzene rings is 1. The Morgan fingerprint density at radius 1 is 1.47 bits per heavy atom. The van der Waals surface area contributed by atoms with Gasteiger partial charge in [0.1, 0.15) is 11.3 Å². The summed E-state index contributed by atoms with van der Waals surface area (Å²) in [6, 6.07) is 5.46. The molecule has 1 aromatic heterocycles. The Morgan fingerprint density at radius 3 is 3.00 bits per heavy atom. The van der Waals surface area contributed by atoms with E-state index in [1.165, 1.54) is 6.07 Å². The van der Waals surface area contributed by atoms with E-state index in [1.54, 1.807) is 6.07 Å². The third kappa shape index (κ3) is 2.04. The van der Waals surface area contributed by atoms with Gasteiger partial charge in [0.05, 0.1) is 11.6 Å². The van der Waals surface area contributed by atoms with Crippen molar-refractivity contribution in [1.82, 2.24) is 14.9 Å². The molecule has 0 radical (unpaired) electrons. The molecule has 1 saturated heterocycles. The van der Waals surface area contributed by atoms with Crippen LogP contribution in [-0.2, 0) is 6.54 Å². The Kier molecular flexibility index (Phi) is 3.27. The zero-order chi connectivity index (χ0) is 13.4. The molecule has 1 fully saturated rings. The quantitative estimate of drug-likeness (QED) is 0.919. The number of para-hydroxylation sites is 1. The number of aryl methyl sites for hydroxylation is 1. The van der Waals surface area contributed by atoms with Crippen LogP contribution >= 0.6 is 0 Å². The minimum Gasteiger partial charge on any atom is -0.327 e. The van der Waals surface area contributed by atoms with E-state index in [1.807, 2.05) is 6.07 Å². The predicted molar refractivity (Wildman–Crippen MR) is 74.5 cm³/mol. The SMILES string of the molecule is CCCn1c(C2NCCC2C)nc2c(F)cccc21. The molecule has 1 aromatic carbocycles. The molecule has 1 aliphatic rings. The Hall–Kier alpha value is -1.42. The molecule has 3 nitrogen and oxygen atoms in total. The molecule has 0 aliphatic carbocycles. The van der Waals surface area contributed by atoms with Crippen LogP contribution in [0.15, 0.2) is 18.2 Å². The number of hydrogen-bond donors (Lipinski definition) is 1. The Labute approximate surface area is 112 Å². The van der Waals surface area contributed by atoms with Crippen molar-refractivity contribution in [2.45, 2.75) is 39.3 Å². The van der Waals surface area contributed by atoms with Crippen molar-refractivity contribution in [3.63, 3.8) is 0 Å². The first kappa shape index (κ1) is 12.6. The molecular weight excluding hydrogens is 241 g/mol. The summed E-state index contributed by atoms with van der Waals surface area (Å²) in [5.74, 6) is 1.32. The molecule has 1 N–H and O–H groups in total. The summed E-state index contributed by atoms with van der Waals surface area (Å²) in [5, 5.41) is 3.50. The van der Waals surface area contributed by atoms with Gasteiger partial charge in [-0.05, 0) is 37.4 Å². The van der Waals surface area contributed by atoms with E-state index in [0.717, 1.165) is 37.3 Å². The summed E-state index contributed by atoms with van der Waals surface area (Å²) in [6.07, 6.45) is 2.18. The maximum Gasteiger partial charge on any atom is 0.151 e. The molecule has 3 rings (SSSR count). The summed E-state index contributed by atoms with van der Waals surface area (Å²) >= 11 is 0. The molecule has 2 aromatic rings. The number of fused-ring (bicyclic) bond motifs is 1. The van der Waals surface area contributed by atoms with Crippen molar-refractivity contribution < 1.29 is 4.39 Å². The van der Waals surface area contributed by atoms with Crippen molar-refractivity contribution in [2.75, 3.05) is 6.54 Å². The average molecular weight is 261 g/mol. The molecule has 4 heteroatoms. The number of hydrogen-bond acceptors (Lipinski definition) is 2. The highest BCUT2D eigenvalue weighted by Gasteiger charge is 2.29. The number of halogens is 1. The van der Waals surface area contributed by atoms with E-state index in [9.17, 15) is 4.39 Å². The minimum absolute atomic E-state index is 0.223. The smallest absolute Gasteiger partial charge is 0.151 e. The van der Waals surface area contributed by atoms with E-state index in [4.69, 9.17) is 0 Å². The lowest BCUT2D eigenvalue weighted by Gasteiger charge is -2.17. The fourth-order valence-electron chi connectivity index (χ4n) is 3.01. The Bertz CT molecular complexity index is 590. The van der Waals surface area contributed by atoms with Crippen molar-refractivity contribution >= 4 is 11.0 Å². The zero-order valence-corrected chi connectivity index (χ0v) is 11.5. The van der Waals surface area contributed by atoms with Gasteiger partial charge < -0.3 is 9.88 Å². The van der Waals surface area contributed by atoms with Gasteiger partial charge in [0, 0.05) is 6.54 Å². The molecule has 2 heterocycles. The van der Waals surface area contributed by atoms with Crippen LogP contribution in [0.25, 0.3) is 11.0 Å². The summed E-state index contributed by atoms with van der Waals surface area (Å²) in [5.41, 5.74) is 1.42. The lowest BCUT2D eigenvalue weighted by atomic mass is 10.0. The van der Waals surface area contributed by atoms with E-state index >= 15 is 0 Å². The zero-order valence-electron chi connectivity index (χ0n) is 11.5. The van der Waals surface area contributed by atoms with Gasteiger partial charge in [0.25, 0.3) is 0 Å². The maximum absolute atomic E-state index is 13.9. The average Bonchev–Trinajstić information content (AvgIpc) is 2.95. The molecule has 0 spiro atoms. The van der Waals surface area contributed by atoms with Crippen LogP contribution in [0, 0.1) is 11.7 Å². The standard InChI is InChI=1S/C15H20FN3/c1-3-9-19-12-6-4-5-11(16)14(12)18-15(19)13-10(2)7-8-17-13/h4-6,10,13,17H,3,7-9H2,1-2H3. The second-order valence-electron chi connectivity index (χ2n) is 5.43. The first-order valence-corrected chi connectivity index (χ1v) is 7.10. The number of imidazole rings is 1. The van der Waals surface area contributed by atoms with Gasteiger partial charge in [0.2, 0.25) is 0 Å². The Balaban J connectivity index is 2.17. The fraction of sp³-hybridized carbons (Fsp3) is 0.533. The molecule has 2 atom stereocenters. The van der Waals surface area contributed by atoms with Crippen LogP contribution in [0.5, 0.6) is 0 Å². The monoisotopic (exact) mass is 261 g/mol. The van der Waals surface area contributed by atoms with Gasteiger partial charge in [0.15, 0.2) is 5.82 Å². The minimum atomic E-state index is -0.223. The van der Waals surface area contributed by atoms with E-state index in [2.05, 4.69) is 28.7 Å². The number of nitrogens with zero attached hydrogens (tertiary/aromatic N) is 2. The van der Waals surface area contributed by atoms with Gasteiger partial charge in [-0.25, -0.2) is 9.37 Å². The molecule has 19 heavy (non-hydrogen) atoms. The number of nitrogens with one attached hydrogen (secondary N) is 1. The van der Waals surface area contributed by atoms with E-state index < -0.39 is 0 Å². The first-order chi connectivity index (χ1) is 9.22. The van der Waals surface area contributed by atoms with Crippen LogP contribution in [-0.4, -0.2) is 16.1 Å².